The number of likely N-dealkylation sites (N-methyl/N-ethyl adjacent to an activating group) is 1. The van der Waals surface area contributed by atoms with Crippen molar-refractivity contribution in [2.75, 3.05) is 20.6 Å². The predicted molar refractivity (Wildman–Crippen MR) is 38.3 cm³/mol. The highest BCUT2D eigenvalue weighted by Crippen LogP contribution is 1.93. The van der Waals surface area contributed by atoms with Crippen LogP contribution in [0, 0.1) is 6.42 Å². The predicted octanol–water partition coefficient (Wildman–Crippen LogP) is -0.0813. The Hall–Kier alpha value is -0.900. The maximum Gasteiger partial charge on any atom is 0.0875 e. The van der Waals surface area contributed by atoms with Gasteiger partial charge in [0.25, 0.3) is 0 Å². The average molecular weight is 139 g/mol. The van der Waals surface area contributed by atoms with Crippen molar-refractivity contribution >= 4 is 0 Å². The Morgan fingerprint density at radius 3 is 3.00 bits per heavy atom. The van der Waals surface area contributed by atoms with Crippen molar-refractivity contribution in [2.24, 2.45) is 0 Å². The van der Waals surface area contributed by atoms with E-state index in [0.29, 0.717) is 0 Å². The zero-order valence-corrected chi connectivity index (χ0v) is 6.20. The van der Waals surface area contributed by atoms with Crippen LogP contribution in [-0.4, -0.2) is 41.0 Å². The summed E-state index contributed by atoms with van der Waals surface area (Å²) in [6, 6.07) is 0. The molecule has 1 aromatic rings. The van der Waals surface area contributed by atoms with Gasteiger partial charge in [-0.2, -0.15) is 0 Å². The second-order valence-corrected chi connectivity index (χ2v) is 2.36. The topological polar surface area (TPSA) is 44.8 Å². The summed E-state index contributed by atoms with van der Waals surface area (Å²) in [5.41, 5.74) is 0.897. The Morgan fingerprint density at radius 1 is 1.70 bits per heavy atom. The maximum absolute atomic E-state index is 3.80. The molecule has 10 heavy (non-hydrogen) atoms. The number of aromatic amines is 1. The molecule has 0 aliphatic carbocycles. The molecule has 4 heteroatoms. The highest BCUT2D eigenvalue weighted by atomic mass is 15.3. The van der Waals surface area contributed by atoms with E-state index in [1.807, 2.05) is 20.5 Å². The van der Waals surface area contributed by atoms with Gasteiger partial charge in [0.1, 0.15) is 0 Å². The van der Waals surface area contributed by atoms with Gasteiger partial charge >= 0.3 is 0 Å². The third kappa shape index (κ3) is 2.14. The fourth-order valence-corrected chi connectivity index (χ4v) is 0.586. The first-order valence-corrected chi connectivity index (χ1v) is 3.13. The number of H-pyrrole nitrogens is 1. The van der Waals surface area contributed by atoms with Gasteiger partial charge in [0.05, 0.1) is 5.69 Å². The zero-order chi connectivity index (χ0) is 7.40. The fraction of sp³-hybridized carbons (Fsp3) is 0.500. The van der Waals surface area contributed by atoms with Crippen molar-refractivity contribution in [2.45, 2.75) is 0 Å². The highest BCUT2D eigenvalue weighted by molar-refractivity contribution is 5.05. The summed E-state index contributed by atoms with van der Waals surface area (Å²) in [7, 11) is 4.02. The summed E-state index contributed by atoms with van der Waals surface area (Å²) in [4.78, 5) is 2.06. The molecule has 1 radical (unpaired) electrons. The van der Waals surface area contributed by atoms with Gasteiger partial charge in [-0.3, -0.25) is 5.10 Å². The zero-order valence-electron chi connectivity index (χ0n) is 6.20. The fourth-order valence-electron chi connectivity index (χ4n) is 0.586. The smallest absolute Gasteiger partial charge is 0.0875 e. The van der Waals surface area contributed by atoms with Crippen molar-refractivity contribution in [1.29, 1.82) is 0 Å². The Bertz CT molecular complexity index is 168. The summed E-state index contributed by atoms with van der Waals surface area (Å²) in [6.45, 7) is 0.895. The third-order valence-electron chi connectivity index (χ3n) is 1.10. The summed E-state index contributed by atoms with van der Waals surface area (Å²) >= 11 is 0. The molecule has 0 spiro atoms. The van der Waals surface area contributed by atoms with Crippen LogP contribution in [0.2, 0.25) is 0 Å². The quantitative estimate of drug-likeness (QED) is 0.637. The van der Waals surface area contributed by atoms with Gasteiger partial charge in [0.15, 0.2) is 0 Å². The van der Waals surface area contributed by atoms with Crippen molar-refractivity contribution < 1.29 is 0 Å². The van der Waals surface area contributed by atoms with Crippen LogP contribution in [0.15, 0.2) is 6.20 Å². The van der Waals surface area contributed by atoms with Crippen LogP contribution in [0.25, 0.3) is 0 Å². The highest BCUT2D eigenvalue weighted by Gasteiger charge is 1.95. The molecule has 0 aromatic carbocycles. The molecule has 4 nitrogen and oxygen atoms in total. The lowest BCUT2D eigenvalue weighted by atomic mass is 10.3. The van der Waals surface area contributed by atoms with Gasteiger partial charge in [0.2, 0.25) is 0 Å². The third-order valence-corrected chi connectivity index (χ3v) is 1.10. The lowest BCUT2D eigenvalue weighted by molar-refractivity contribution is 0.444. The van der Waals surface area contributed by atoms with Crippen LogP contribution in [0.4, 0.5) is 0 Å². The van der Waals surface area contributed by atoms with Crippen LogP contribution in [-0.2, 0) is 0 Å². The Balaban J connectivity index is 2.28. The van der Waals surface area contributed by atoms with E-state index in [0.717, 1.165) is 12.2 Å². The first kappa shape index (κ1) is 7.21. The van der Waals surface area contributed by atoms with E-state index in [2.05, 4.69) is 20.3 Å². The number of nitrogens with one attached hydrogen (secondary N) is 1. The van der Waals surface area contributed by atoms with Crippen LogP contribution in [0.5, 0.6) is 0 Å². The minimum atomic E-state index is 0.895. The van der Waals surface area contributed by atoms with Crippen molar-refractivity contribution in [3.05, 3.63) is 18.3 Å². The van der Waals surface area contributed by atoms with Gasteiger partial charge in [0, 0.05) is 19.2 Å². The SMILES string of the molecule is CN(C)C[CH]c1c[nH]nn1. The second kappa shape index (κ2) is 3.31. The van der Waals surface area contributed by atoms with E-state index in [9.17, 15) is 0 Å². The van der Waals surface area contributed by atoms with Crippen LogP contribution in [0.3, 0.4) is 0 Å². The molecule has 0 amide bonds. The second-order valence-electron chi connectivity index (χ2n) is 2.36. The molecular formula is C6H11N4. The van der Waals surface area contributed by atoms with E-state index in [1.54, 1.807) is 6.20 Å². The van der Waals surface area contributed by atoms with E-state index in [4.69, 9.17) is 0 Å². The van der Waals surface area contributed by atoms with Crippen molar-refractivity contribution in [3.8, 4) is 0 Å². The monoisotopic (exact) mass is 139 g/mol. The van der Waals surface area contributed by atoms with Crippen molar-refractivity contribution in [3.63, 3.8) is 0 Å². The molecule has 1 rings (SSSR count). The molecule has 0 atom stereocenters. The molecule has 0 saturated heterocycles. The van der Waals surface area contributed by atoms with Gasteiger partial charge in [-0.15, -0.1) is 5.10 Å². The molecule has 0 aliphatic heterocycles. The lowest BCUT2D eigenvalue weighted by Crippen LogP contribution is -2.13. The van der Waals surface area contributed by atoms with Gasteiger partial charge < -0.3 is 4.90 Å². The Labute approximate surface area is 60.2 Å². The van der Waals surface area contributed by atoms with Gasteiger partial charge in [-0.05, 0) is 14.1 Å². The summed E-state index contributed by atoms with van der Waals surface area (Å²) in [6.07, 6.45) is 3.77. The van der Waals surface area contributed by atoms with E-state index in [1.165, 1.54) is 0 Å². The number of nitrogens with zero attached hydrogens (tertiary/aromatic N) is 3. The Kier molecular flexibility index (Phi) is 2.39. The summed E-state index contributed by atoms with van der Waals surface area (Å²) < 4.78 is 0. The molecule has 1 heterocycles. The summed E-state index contributed by atoms with van der Waals surface area (Å²) in [5, 5.41) is 10.0. The average Bonchev–Trinajstić information content (AvgIpc) is 2.34. The standard InChI is InChI=1S/C6H11N4/c1-10(2)4-3-6-5-7-9-8-6/h3,5H,4H2,1-2H3,(H,7,8,9). The van der Waals surface area contributed by atoms with Crippen LogP contribution < -0.4 is 0 Å². The first-order valence-electron chi connectivity index (χ1n) is 3.13. The molecule has 0 bridgehead atoms. The van der Waals surface area contributed by atoms with E-state index < -0.39 is 0 Å². The van der Waals surface area contributed by atoms with Crippen LogP contribution in [0.1, 0.15) is 5.69 Å². The first-order chi connectivity index (χ1) is 4.79. The minimum absolute atomic E-state index is 0.895. The molecule has 1 N–H and O–H groups in total. The van der Waals surface area contributed by atoms with E-state index >= 15 is 0 Å². The normalized spacial score (nSPS) is 10.7. The summed E-state index contributed by atoms with van der Waals surface area (Å²) in [5.74, 6) is 0. The van der Waals surface area contributed by atoms with E-state index in [-0.39, 0.29) is 0 Å². The molecule has 0 unspecified atom stereocenters. The van der Waals surface area contributed by atoms with Crippen LogP contribution >= 0.6 is 0 Å². The number of hydrogen-bond acceptors (Lipinski definition) is 3. The Morgan fingerprint density at radius 2 is 2.50 bits per heavy atom. The van der Waals surface area contributed by atoms with Gasteiger partial charge in [-0.25, -0.2) is 0 Å². The van der Waals surface area contributed by atoms with Gasteiger partial charge in [-0.1, -0.05) is 5.21 Å². The molecule has 0 saturated carbocycles. The van der Waals surface area contributed by atoms with Crippen molar-refractivity contribution in [1.82, 2.24) is 20.3 Å². The molecule has 0 aliphatic rings. The number of hydrogen-bond donors (Lipinski definition) is 1. The minimum Gasteiger partial charge on any atom is -0.309 e. The molecular weight excluding hydrogens is 128 g/mol. The molecule has 55 valence electrons. The maximum atomic E-state index is 3.80. The number of rotatable bonds is 3. The lowest BCUT2D eigenvalue weighted by Gasteiger charge is -2.05. The molecule has 0 fully saturated rings. The number of aromatic nitrogens is 3. The largest absolute Gasteiger partial charge is 0.309 e. The molecule has 1 aromatic heterocycles.